The highest BCUT2D eigenvalue weighted by atomic mass is 32.2. The summed E-state index contributed by atoms with van der Waals surface area (Å²) in [7, 11) is 0. The second kappa shape index (κ2) is 10.8. The van der Waals surface area contributed by atoms with Crippen molar-refractivity contribution in [3.63, 3.8) is 0 Å². The number of hydrogen-bond donors (Lipinski definition) is 0. The van der Waals surface area contributed by atoms with Crippen molar-refractivity contribution in [2.24, 2.45) is 0 Å². The Bertz CT molecular complexity index is 799. The van der Waals surface area contributed by atoms with Crippen molar-refractivity contribution in [1.29, 1.82) is 0 Å². The van der Waals surface area contributed by atoms with Gasteiger partial charge in [0.25, 0.3) is 11.1 Å². The molecule has 0 spiro atoms. The first-order valence-corrected chi connectivity index (χ1v) is 9.80. The fourth-order valence-corrected chi connectivity index (χ4v) is 3.21. The zero-order valence-corrected chi connectivity index (χ0v) is 16.8. The quantitative estimate of drug-likeness (QED) is 0.315. The van der Waals surface area contributed by atoms with Gasteiger partial charge in [-0.3, -0.25) is 19.3 Å². The molecule has 0 N–H and O–H groups in total. The summed E-state index contributed by atoms with van der Waals surface area (Å²) in [6.45, 7) is 0.613. The molecular formula is C19H21F2NO6S. The minimum atomic E-state index is -3.01. The lowest BCUT2D eigenvalue weighted by atomic mass is 10.2. The zero-order valence-electron chi connectivity index (χ0n) is 16.0. The molecule has 0 saturated carbocycles. The number of ether oxygens (including phenoxy) is 3. The maximum Gasteiger partial charge on any atom is 0.387 e. The van der Waals surface area contributed by atoms with Crippen LogP contribution in [0.2, 0.25) is 0 Å². The summed E-state index contributed by atoms with van der Waals surface area (Å²) in [6.07, 6.45) is 2.96. The number of imide groups is 1. The molecule has 1 aliphatic rings. The van der Waals surface area contributed by atoms with Crippen LogP contribution in [0.5, 0.6) is 11.5 Å². The molecule has 1 aliphatic heterocycles. The van der Waals surface area contributed by atoms with Gasteiger partial charge in [-0.05, 0) is 48.9 Å². The number of rotatable bonds is 10. The lowest BCUT2D eigenvalue weighted by molar-refractivity contribution is -0.146. The molecule has 7 nitrogen and oxygen atoms in total. The molecule has 1 heterocycles. The molecular weight excluding hydrogens is 408 g/mol. The largest absolute Gasteiger partial charge is 0.490 e. The number of hydrogen-bond acceptors (Lipinski definition) is 7. The first kappa shape index (κ1) is 22.7. The van der Waals surface area contributed by atoms with Gasteiger partial charge in [0.15, 0.2) is 11.5 Å². The summed E-state index contributed by atoms with van der Waals surface area (Å²) in [5, 5.41) is -0.587. The van der Waals surface area contributed by atoms with E-state index in [0.717, 1.165) is 11.3 Å². The molecule has 2 amide bonds. The average Bonchev–Trinajstić information content (AvgIpc) is 2.91. The fraction of sp³-hybridized carbons (Fsp3) is 0.421. The van der Waals surface area contributed by atoms with Gasteiger partial charge in [-0.1, -0.05) is 19.4 Å². The highest BCUT2D eigenvalue weighted by Gasteiger charge is 2.36. The number of benzene rings is 1. The standard InChI is InChI=1S/C19H21F2NO6S/c1-3-5-8-27-16(23)11-22-17(24)15(29-19(22)25)10-12-6-7-13(28-18(20)21)14(9-12)26-4-2/h6-7,9-10,18H,3-5,8,11H2,1-2H3/b15-10-. The van der Waals surface area contributed by atoms with Gasteiger partial charge < -0.3 is 14.2 Å². The van der Waals surface area contributed by atoms with Crippen LogP contribution in [0.25, 0.3) is 6.08 Å². The van der Waals surface area contributed by atoms with E-state index in [1.807, 2.05) is 6.92 Å². The van der Waals surface area contributed by atoms with Gasteiger partial charge in [-0.15, -0.1) is 0 Å². The molecule has 0 unspecified atom stereocenters. The molecule has 1 aromatic rings. The van der Waals surface area contributed by atoms with E-state index in [1.165, 1.54) is 24.3 Å². The topological polar surface area (TPSA) is 82.1 Å². The Hall–Kier alpha value is -2.62. The average molecular weight is 429 g/mol. The van der Waals surface area contributed by atoms with Gasteiger partial charge in [0.1, 0.15) is 6.54 Å². The second-order valence-electron chi connectivity index (χ2n) is 5.86. The molecule has 0 radical (unpaired) electrons. The smallest absolute Gasteiger partial charge is 0.387 e. The normalized spacial score (nSPS) is 15.3. The highest BCUT2D eigenvalue weighted by Crippen LogP contribution is 2.35. The van der Waals surface area contributed by atoms with Gasteiger partial charge in [0.05, 0.1) is 18.1 Å². The molecule has 2 rings (SSSR count). The van der Waals surface area contributed by atoms with E-state index in [9.17, 15) is 23.2 Å². The van der Waals surface area contributed by atoms with Crippen LogP contribution in [0, 0.1) is 0 Å². The monoisotopic (exact) mass is 429 g/mol. The molecule has 0 aliphatic carbocycles. The first-order valence-electron chi connectivity index (χ1n) is 8.98. The van der Waals surface area contributed by atoms with E-state index in [1.54, 1.807) is 6.92 Å². The molecule has 10 heteroatoms. The van der Waals surface area contributed by atoms with Crippen molar-refractivity contribution in [3.8, 4) is 11.5 Å². The summed E-state index contributed by atoms with van der Waals surface area (Å²) >= 11 is 0.680. The van der Waals surface area contributed by atoms with E-state index in [2.05, 4.69) is 4.74 Å². The number of nitrogens with zero attached hydrogens (tertiary/aromatic N) is 1. The number of amides is 2. The number of unbranched alkanes of at least 4 members (excludes halogenated alkanes) is 1. The minimum absolute atomic E-state index is 0.0836. The van der Waals surface area contributed by atoms with Crippen LogP contribution >= 0.6 is 11.8 Å². The predicted octanol–water partition coefficient (Wildman–Crippen LogP) is 4.07. The molecule has 158 valence electrons. The van der Waals surface area contributed by atoms with Gasteiger partial charge in [0, 0.05) is 0 Å². The molecule has 0 atom stereocenters. The summed E-state index contributed by atoms with van der Waals surface area (Å²) in [6, 6.07) is 4.17. The van der Waals surface area contributed by atoms with E-state index < -0.39 is 30.3 Å². The Labute approximate surface area is 171 Å². The third-order valence-corrected chi connectivity index (χ3v) is 4.61. The first-order chi connectivity index (χ1) is 13.8. The molecule has 0 bridgehead atoms. The van der Waals surface area contributed by atoms with Crippen molar-refractivity contribution in [3.05, 3.63) is 28.7 Å². The Morgan fingerprint density at radius 3 is 2.66 bits per heavy atom. The van der Waals surface area contributed by atoms with Crippen LogP contribution in [0.3, 0.4) is 0 Å². The number of halogens is 2. The lowest BCUT2D eigenvalue weighted by Crippen LogP contribution is -2.34. The third-order valence-electron chi connectivity index (χ3n) is 3.70. The molecule has 1 aromatic carbocycles. The molecule has 29 heavy (non-hydrogen) atoms. The number of alkyl halides is 2. The number of esters is 1. The van der Waals surface area contributed by atoms with Crippen LogP contribution in [0.15, 0.2) is 23.1 Å². The van der Waals surface area contributed by atoms with E-state index in [0.29, 0.717) is 23.7 Å². The van der Waals surface area contributed by atoms with E-state index in [-0.39, 0.29) is 29.6 Å². The van der Waals surface area contributed by atoms with Gasteiger partial charge in [0.2, 0.25) is 0 Å². The van der Waals surface area contributed by atoms with Crippen LogP contribution in [-0.4, -0.2) is 48.4 Å². The summed E-state index contributed by atoms with van der Waals surface area (Å²) in [5.41, 5.74) is 0.450. The lowest BCUT2D eigenvalue weighted by Gasteiger charge is -2.12. The number of carbonyl (C=O) groups is 3. The van der Waals surface area contributed by atoms with Crippen molar-refractivity contribution in [1.82, 2.24) is 4.90 Å². The number of thioether (sulfide) groups is 1. The van der Waals surface area contributed by atoms with E-state index in [4.69, 9.17) is 9.47 Å². The van der Waals surface area contributed by atoms with Crippen molar-refractivity contribution in [2.75, 3.05) is 19.8 Å². The Balaban J connectivity index is 2.13. The van der Waals surface area contributed by atoms with Gasteiger partial charge in [-0.2, -0.15) is 8.78 Å². The van der Waals surface area contributed by atoms with Gasteiger partial charge >= 0.3 is 12.6 Å². The van der Waals surface area contributed by atoms with Crippen molar-refractivity contribution < 1.29 is 37.4 Å². The molecule has 1 fully saturated rings. The van der Waals surface area contributed by atoms with Crippen LogP contribution in [0.4, 0.5) is 13.6 Å². The van der Waals surface area contributed by atoms with E-state index >= 15 is 0 Å². The fourth-order valence-electron chi connectivity index (χ4n) is 2.37. The van der Waals surface area contributed by atoms with Crippen LogP contribution in [0.1, 0.15) is 32.3 Å². The predicted molar refractivity (Wildman–Crippen MR) is 103 cm³/mol. The Morgan fingerprint density at radius 2 is 2.00 bits per heavy atom. The summed E-state index contributed by atoms with van der Waals surface area (Å²) in [5.74, 6) is -1.34. The minimum Gasteiger partial charge on any atom is -0.490 e. The number of carbonyl (C=O) groups excluding carboxylic acids is 3. The summed E-state index contributed by atoms with van der Waals surface area (Å²) < 4.78 is 39.6. The Kier molecular flexibility index (Phi) is 8.44. The van der Waals surface area contributed by atoms with Gasteiger partial charge in [-0.25, -0.2) is 0 Å². The molecule has 0 aromatic heterocycles. The van der Waals surface area contributed by atoms with Crippen molar-refractivity contribution in [2.45, 2.75) is 33.3 Å². The summed E-state index contributed by atoms with van der Waals surface area (Å²) in [4.78, 5) is 37.2. The van der Waals surface area contributed by atoms with Crippen LogP contribution < -0.4 is 9.47 Å². The molecule has 1 saturated heterocycles. The zero-order chi connectivity index (χ0) is 21.4. The maximum absolute atomic E-state index is 12.5. The second-order valence-corrected chi connectivity index (χ2v) is 6.85. The third kappa shape index (κ3) is 6.45. The highest BCUT2D eigenvalue weighted by molar-refractivity contribution is 8.18. The van der Waals surface area contributed by atoms with Crippen molar-refractivity contribution >= 4 is 35.0 Å². The Morgan fingerprint density at radius 1 is 1.24 bits per heavy atom. The van der Waals surface area contributed by atoms with Crippen LogP contribution in [-0.2, 0) is 14.3 Å². The SMILES string of the molecule is CCCCOC(=O)CN1C(=O)S/C(=C\c2ccc(OC(F)F)c(OCC)c2)C1=O. The maximum atomic E-state index is 12.5.